The van der Waals surface area contributed by atoms with E-state index in [2.05, 4.69) is 11.9 Å². The van der Waals surface area contributed by atoms with Gasteiger partial charge in [0.15, 0.2) is 0 Å². The van der Waals surface area contributed by atoms with E-state index in [-0.39, 0.29) is 0 Å². The summed E-state index contributed by atoms with van der Waals surface area (Å²) in [5.74, 6) is 0. The molecule has 0 aliphatic rings. The normalized spacial score (nSPS) is 14.1. The summed E-state index contributed by atoms with van der Waals surface area (Å²) in [6.07, 6.45) is 4.41. The van der Waals surface area contributed by atoms with Crippen LogP contribution >= 0.6 is 0 Å². The van der Waals surface area contributed by atoms with Gasteiger partial charge in [-0.05, 0) is 32.9 Å². The predicted octanol–water partition coefficient (Wildman–Crippen LogP) is 2.80. The van der Waals surface area contributed by atoms with Crippen molar-refractivity contribution in [2.24, 2.45) is 0 Å². The number of allylic oxidation sites excluding steroid dienone is 1. The molecule has 1 nitrogen and oxygen atoms in total. The van der Waals surface area contributed by atoms with E-state index in [1.807, 2.05) is 13.0 Å². The molecule has 1 unspecified atom stereocenters. The predicted molar refractivity (Wildman–Crippen MR) is 51.8 cm³/mol. The van der Waals surface area contributed by atoms with Crippen molar-refractivity contribution in [2.45, 2.75) is 32.9 Å². The minimum absolute atomic E-state index is 0.610. The van der Waals surface area contributed by atoms with Crippen LogP contribution in [0, 0.1) is 0 Å². The largest absolute Gasteiger partial charge is 0.388 e. The zero-order valence-electron chi connectivity index (χ0n) is 7.94. The van der Waals surface area contributed by atoms with Gasteiger partial charge in [-0.25, -0.2) is 4.39 Å². The van der Waals surface area contributed by atoms with Crippen LogP contribution < -0.4 is 5.32 Å². The number of halogens is 1. The highest BCUT2D eigenvalue weighted by Gasteiger charge is 2.00. The van der Waals surface area contributed by atoms with Crippen LogP contribution in [0.5, 0.6) is 0 Å². The van der Waals surface area contributed by atoms with E-state index >= 15 is 0 Å². The smallest absolute Gasteiger partial charge is 0.0976 e. The van der Waals surface area contributed by atoms with Gasteiger partial charge in [-0.1, -0.05) is 18.2 Å². The summed E-state index contributed by atoms with van der Waals surface area (Å²) in [5, 5.41) is 3.00. The fourth-order valence-electron chi connectivity index (χ4n) is 0.922. The Balaban J connectivity index is 3.61. The highest BCUT2D eigenvalue weighted by molar-refractivity contribution is 5.03. The van der Waals surface area contributed by atoms with Crippen LogP contribution in [0.1, 0.15) is 26.7 Å². The molecule has 0 amide bonds. The van der Waals surface area contributed by atoms with E-state index in [1.165, 1.54) is 5.57 Å². The standard InChI is InChI=1S/C10H18FN/c1-4-10(8-12-5-2)7-6-9(3)11/h4-5,9,12H,2,6-8H2,1,3H3/b10-4+. The zero-order valence-corrected chi connectivity index (χ0v) is 7.94. The highest BCUT2D eigenvalue weighted by Crippen LogP contribution is 2.08. The monoisotopic (exact) mass is 171 g/mol. The van der Waals surface area contributed by atoms with Gasteiger partial charge in [0, 0.05) is 6.54 Å². The number of rotatable bonds is 6. The van der Waals surface area contributed by atoms with Gasteiger partial charge >= 0.3 is 0 Å². The van der Waals surface area contributed by atoms with Gasteiger partial charge in [0.25, 0.3) is 0 Å². The van der Waals surface area contributed by atoms with Crippen molar-refractivity contribution in [3.63, 3.8) is 0 Å². The lowest BCUT2D eigenvalue weighted by Crippen LogP contribution is -2.10. The molecule has 0 saturated carbocycles. The Kier molecular flexibility index (Phi) is 6.44. The van der Waals surface area contributed by atoms with Crippen LogP contribution in [0.15, 0.2) is 24.4 Å². The van der Waals surface area contributed by atoms with Crippen molar-refractivity contribution in [1.82, 2.24) is 5.32 Å². The SMILES string of the molecule is C=CNC/C(=C/C)CCC(C)F. The average molecular weight is 171 g/mol. The Labute approximate surface area is 74.4 Å². The zero-order chi connectivity index (χ0) is 9.40. The van der Waals surface area contributed by atoms with Crippen LogP contribution in [0.4, 0.5) is 4.39 Å². The molecule has 0 aromatic rings. The fourth-order valence-corrected chi connectivity index (χ4v) is 0.922. The molecule has 2 heteroatoms. The molecule has 0 fully saturated rings. The Morgan fingerprint density at radius 3 is 2.75 bits per heavy atom. The maximum absolute atomic E-state index is 12.5. The van der Waals surface area contributed by atoms with Gasteiger partial charge in [-0.15, -0.1) is 0 Å². The fraction of sp³-hybridized carbons (Fsp3) is 0.600. The second kappa shape index (κ2) is 6.89. The lowest BCUT2D eigenvalue weighted by Gasteiger charge is -2.07. The molecule has 1 N–H and O–H groups in total. The van der Waals surface area contributed by atoms with E-state index in [0.717, 1.165) is 13.0 Å². The van der Waals surface area contributed by atoms with Crippen LogP contribution in [0.25, 0.3) is 0 Å². The van der Waals surface area contributed by atoms with Crippen molar-refractivity contribution in [3.05, 3.63) is 24.4 Å². The van der Waals surface area contributed by atoms with E-state index in [4.69, 9.17) is 0 Å². The van der Waals surface area contributed by atoms with Crippen molar-refractivity contribution < 1.29 is 4.39 Å². The van der Waals surface area contributed by atoms with Crippen molar-refractivity contribution >= 4 is 0 Å². The summed E-state index contributed by atoms with van der Waals surface area (Å²) in [6.45, 7) is 7.90. The maximum Gasteiger partial charge on any atom is 0.0976 e. The number of alkyl halides is 1. The summed E-state index contributed by atoms with van der Waals surface area (Å²) in [7, 11) is 0. The molecule has 0 rings (SSSR count). The van der Waals surface area contributed by atoms with Gasteiger partial charge in [-0.3, -0.25) is 0 Å². The molecule has 0 aromatic heterocycles. The van der Waals surface area contributed by atoms with Crippen molar-refractivity contribution in [1.29, 1.82) is 0 Å². The first-order valence-corrected chi connectivity index (χ1v) is 4.33. The number of hydrogen-bond acceptors (Lipinski definition) is 1. The van der Waals surface area contributed by atoms with Crippen LogP contribution in [0.2, 0.25) is 0 Å². The minimum atomic E-state index is -0.705. The second-order valence-electron chi connectivity index (χ2n) is 2.85. The molecule has 0 radical (unpaired) electrons. The molecule has 0 aliphatic carbocycles. The van der Waals surface area contributed by atoms with Gasteiger partial charge in [0.05, 0.1) is 6.17 Å². The molecule has 12 heavy (non-hydrogen) atoms. The summed E-state index contributed by atoms with van der Waals surface area (Å²) in [4.78, 5) is 0. The lowest BCUT2D eigenvalue weighted by atomic mass is 10.1. The van der Waals surface area contributed by atoms with E-state index in [9.17, 15) is 4.39 Å². The second-order valence-corrected chi connectivity index (χ2v) is 2.85. The van der Waals surface area contributed by atoms with Crippen LogP contribution in [0.3, 0.4) is 0 Å². The molecule has 0 aromatic carbocycles. The number of nitrogens with one attached hydrogen (secondary N) is 1. The Hall–Kier alpha value is -0.790. The summed E-state index contributed by atoms with van der Waals surface area (Å²) >= 11 is 0. The molecule has 0 spiro atoms. The van der Waals surface area contributed by atoms with Crippen LogP contribution in [-0.2, 0) is 0 Å². The van der Waals surface area contributed by atoms with E-state index in [1.54, 1.807) is 13.1 Å². The summed E-state index contributed by atoms with van der Waals surface area (Å²) < 4.78 is 12.5. The first-order chi connectivity index (χ1) is 5.70. The van der Waals surface area contributed by atoms with E-state index < -0.39 is 6.17 Å². The molecular formula is C10H18FN. The first-order valence-electron chi connectivity index (χ1n) is 4.33. The van der Waals surface area contributed by atoms with Crippen molar-refractivity contribution in [3.8, 4) is 0 Å². The van der Waals surface area contributed by atoms with Gasteiger partial charge in [-0.2, -0.15) is 0 Å². The Bertz CT molecular complexity index is 150. The quantitative estimate of drug-likeness (QED) is 0.606. The third-order valence-electron chi connectivity index (χ3n) is 1.74. The molecular weight excluding hydrogens is 153 g/mol. The maximum atomic E-state index is 12.5. The topological polar surface area (TPSA) is 12.0 Å². The molecule has 1 atom stereocenters. The molecule has 0 bridgehead atoms. The van der Waals surface area contributed by atoms with Gasteiger partial charge in [0.1, 0.15) is 0 Å². The molecule has 70 valence electrons. The Morgan fingerprint density at radius 1 is 1.67 bits per heavy atom. The molecule has 0 aliphatic heterocycles. The van der Waals surface area contributed by atoms with Gasteiger partial charge in [0.2, 0.25) is 0 Å². The Morgan fingerprint density at radius 2 is 2.33 bits per heavy atom. The van der Waals surface area contributed by atoms with Crippen LogP contribution in [-0.4, -0.2) is 12.7 Å². The minimum Gasteiger partial charge on any atom is -0.388 e. The highest BCUT2D eigenvalue weighted by atomic mass is 19.1. The number of hydrogen-bond donors (Lipinski definition) is 1. The first kappa shape index (κ1) is 11.2. The molecule has 0 heterocycles. The third kappa shape index (κ3) is 5.96. The third-order valence-corrected chi connectivity index (χ3v) is 1.74. The van der Waals surface area contributed by atoms with Crippen molar-refractivity contribution in [2.75, 3.05) is 6.54 Å². The van der Waals surface area contributed by atoms with E-state index in [0.29, 0.717) is 6.42 Å². The molecule has 0 saturated heterocycles. The summed E-state index contributed by atoms with van der Waals surface area (Å²) in [5.41, 5.74) is 1.24. The van der Waals surface area contributed by atoms with Gasteiger partial charge < -0.3 is 5.32 Å². The summed E-state index contributed by atoms with van der Waals surface area (Å²) in [6, 6.07) is 0. The lowest BCUT2D eigenvalue weighted by molar-refractivity contribution is 0.340. The average Bonchev–Trinajstić information content (AvgIpc) is 2.05.